The minimum absolute atomic E-state index is 0.0164. The summed E-state index contributed by atoms with van der Waals surface area (Å²) >= 11 is 0. The predicted octanol–water partition coefficient (Wildman–Crippen LogP) is 6.22. The van der Waals surface area contributed by atoms with Crippen LogP contribution in [0.1, 0.15) is 100 Å². The summed E-state index contributed by atoms with van der Waals surface area (Å²) in [5.74, 6) is -0.927. The quantitative estimate of drug-likeness (QED) is 0.194. The van der Waals surface area contributed by atoms with Gasteiger partial charge in [0.1, 0.15) is 40.8 Å². The van der Waals surface area contributed by atoms with Crippen LogP contribution in [0.2, 0.25) is 0 Å². The van der Waals surface area contributed by atoms with Crippen LogP contribution < -0.4 is 29.6 Å². The molecule has 3 fully saturated rings. The largest absolute Gasteiger partial charge is 0.497 e. The average molecular weight is 903 g/mol. The van der Waals surface area contributed by atoms with E-state index in [4.69, 9.17) is 28.9 Å². The van der Waals surface area contributed by atoms with Crippen molar-refractivity contribution in [2.24, 2.45) is 17.8 Å². The summed E-state index contributed by atoms with van der Waals surface area (Å²) in [5, 5.41) is 6.32. The van der Waals surface area contributed by atoms with Crippen LogP contribution in [0.4, 0.5) is 4.79 Å². The molecule has 3 heterocycles. The number of nitrogens with zero attached hydrogens (tertiary/aromatic N) is 3. The number of hydrogen-bond acceptors (Lipinski definition) is 12. The van der Waals surface area contributed by atoms with Crippen LogP contribution in [-0.4, -0.2) is 101 Å². The standard InChI is InChI=1S/C47H62N6O10S/c1-27(2)61-32-16-14-30(15-17-32)39-48-36-23-33(60-9)18-19-35(36)41(50-39)62-34-24-37-40(54)51-47(43(56)52-64(58,59)46(8)20-21-46)25-31(47)13-11-10-12-28(3)22-29(4)38(42(55)53(37)26-34)49-44(57)63-45(5,6)7/h11,13-19,23,27-29,31,34,37-38H,10,12,20-22,24-26H2,1-9H3,(H,49,57)(H,51,54)(H,52,56)/b13-11-/t28-,29+,31?,34+,37-,38-,47+/m0/s1. The third-order valence-corrected chi connectivity index (χ3v) is 14.7. The molecule has 4 amide bonds. The Morgan fingerprint density at radius 2 is 1.70 bits per heavy atom. The maximum Gasteiger partial charge on any atom is 0.408 e. The highest BCUT2D eigenvalue weighted by Crippen LogP contribution is 2.48. The SMILES string of the molecule is COc1ccc2c(O[C@@H]3C[C@H]4C(=O)N[C@]5(C(=O)NS(=O)(=O)C6(C)CC6)CC5/C=C\CC[C@H](C)C[C@@H](C)[C@H](NC(=O)OC(C)(C)C)C(=O)N4C3)nc(-c3ccc(OC(C)C)cc3)nc2c1. The van der Waals surface area contributed by atoms with Crippen LogP contribution in [0.25, 0.3) is 22.3 Å². The molecule has 0 bridgehead atoms. The van der Waals surface area contributed by atoms with Crippen molar-refractivity contribution in [3.63, 3.8) is 0 Å². The fraction of sp³-hybridized carbons (Fsp3) is 0.574. The Morgan fingerprint density at radius 1 is 1.00 bits per heavy atom. The van der Waals surface area contributed by atoms with E-state index in [1.807, 2.05) is 57.2 Å². The number of amides is 4. The number of methoxy groups -OCH3 is 1. The van der Waals surface area contributed by atoms with E-state index in [1.165, 1.54) is 4.90 Å². The van der Waals surface area contributed by atoms with Crippen molar-refractivity contribution in [2.75, 3.05) is 13.7 Å². The van der Waals surface area contributed by atoms with Gasteiger partial charge in [-0.05, 0) is 128 Å². The molecule has 2 aromatic carbocycles. The first-order valence-corrected chi connectivity index (χ1v) is 23.7. The Labute approximate surface area is 375 Å². The number of nitrogens with one attached hydrogen (secondary N) is 3. The van der Waals surface area contributed by atoms with Gasteiger partial charge < -0.3 is 34.5 Å². The summed E-state index contributed by atoms with van der Waals surface area (Å²) in [7, 11) is -2.48. The smallest absolute Gasteiger partial charge is 0.408 e. The molecular formula is C47H62N6O10S. The second-order valence-electron chi connectivity index (χ2n) is 19.5. The first-order valence-electron chi connectivity index (χ1n) is 22.3. The van der Waals surface area contributed by atoms with E-state index >= 15 is 4.79 Å². The van der Waals surface area contributed by atoms with Crippen molar-refractivity contribution >= 4 is 44.7 Å². The second-order valence-corrected chi connectivity index (χ2v) is 21.7. The Bertz CT molecular complexity index is 2410. The van der Waals surface area contributed by atoms with Gasteiger partial charge in [0.15, 0.2) is 5.82 Å². The molecule has 1 unspecified atom stereocenters. The topological polar surface area (TPSA) is 204 Å². The van der Waals surface area contributed by atoms with Crippen molar-refractivity contribution in [2.45, 2.75) is 141 Å². The summed E-state index contributed by atoms with van der Waals surface area (Å²) in [6, 6.07) is 10.4. The van der Waals surface area contributed by atoms with Gasteiger partial charge in [0.2, 0.25) is 27.7 Å². The van der Waals surface area contributed by atoms with Crippen LogP contribution in [-0.2, 0) is 29.1 Å². The number of benzene rings is 2. The van der Waals surface area contributed by atoms with Gasteiger partial charge >= 0.3 is 6.09 Å². The molecule has 17 heteroatoms. The van der Waals surface area contributed by atoms with Gasteiger partial charge in [-0.3, -0.25) is 19.1 Å². The molecule has 2 saturated carbocycles. The molecule has 4 aliphatic rings. The van der Waals surface area contributed by atoms with E-state index in [9.17, 15) is 22.8 Å². The molecule has 2 aliphatic heterocycles. The van der Waals surface area contributed by atoms with Crippen molar-refractivity contribution in [1.82, 2.24) is 30.2 Å². The zero-order chi connectivity index (χ0) is 46.4. The highest BCUT2D eigenvalue weighted by atomic mass is 32.2. The van der Waals surface area contributed by atoms with Crippen molar-refractivity contribution in [1.29, 1.82) is 0 Å². The molecule has 3 aromatic rings. The molecule has 0 spiro atoms. The highest BCUT2D eigenvalue weighted by Gasteiger charge is 2.63. The molecule has 16 nitrogen and oxygen atoms in total. The van der Waals surface area contributed by atoms with Gasteiger partial charge in [-0.1, -0.05) is 26.0 Å². The van der Waals surface area contributed by atoms with Crippen LogP contribution in [0.3, 0.4) is 0 Å². The minimum atomic E-state index is -4.04. The summed E-state index contributed by atoms with van der Waals surface area (Å²) in [6.07, 6.45) is 5.20. The van der Waals surface area contributed by atoms with E-state index in [2.05, 4.69) is 22.3 Å². The molecule has 64 heavy (non-hydrogen) atoms. The second kappa shape index (κ2) is 17.8. The molecule has 2 aliphatic carbocycles. The lowest BCUT2D eigenvalue weighted by molar-refractivity contribution is -0.142. The Hall–Kier alpha value is -5.45. The van der Waals surface area contributed by atoms with Gasteiger partial charge in [-0.2, -0.15) is 4.98 Å². The zero-order valence-corrected chi connectivity index (χ0v) is 39.0. The van der Waals surface area contributed by atoms with E-state index in [0.717, 1.165) is 6.42 Å². The lowest BCUT2D eigenvalue weighted by Gasteiger charge is -2.33. The van der Waals surface area contributed by atoms with Gasteiger partial charge in [0.25, 0.3) is 5.91 Å². The summed E-state index contributed by atoms with van der Waals surface area (Å²) < 4.78 is 51.6. The fourth-order valence-electron chi connectivity index (χ4n) is 8.57. The normalized spacial score (nSPS) is 27.5. The molecule has 7 rings (SSSR count). The number of aromatic nitrogens is 2. The van der Waals surface area contributed by atoms with Crippen LogP contribution in [0.15, 0.2) is 54.6 Å². The zero-order valence-electron chi connectivity index (χ0n) is 38.2. The number of carbonyl (C=O) groups is 4. The number of carbonyl (C=O) groups excluding carboxylic acids is 4. The van der Waals surface area contributed by atoms with Crippen molar-refractivity contribution < 1.29 is 46.5 Å². The molecule has 1 aromatic heterocycles. The summed E-state index contributed by atoms with van der Waals surface area (Å²) in [6.45, 7) is 14.6. The number of alkyl carbamates (subject to hydrolysis) is 1. The Kier molecular flexibility index (Phi) is 13.0. The van der Waals surface area contributed by atoms with E-state index in [0.29, 0.717) is 59.5 Å². The van der Waals surface area contributed by atoms with Crippen LogP contribution in [0, 0.1) is 17.8 Å². The number of sulfonamides is 1. The number of hydrogen-bond donors (Lipinski definition) is 3. The highest BCUT2D eigenvalue weighted by molar-refractivity contribution is 7.91. The van der Waals surface area contributed by atoms with E-state index in [-0.39, 0.29) is 43.2 Å². The Balaban J connectivity index is 1.26. The molecular weight excluding hydrogens is 841 g/mol. The maximum atomic E-state index is 15.1. The maximum absolute atomic E-state index is 15.1. The average Bonchev–Trinajstić information content (AvgIpc) is 4.10. The molecule has 0 radical (unpaired) electrons. The number of allylic oxidation sites excluding steroid dienone is 1. The van der Waals surface area contributed by atoms with Crippen molar-refractivity contribution in [3.05, 3.63) is 54.6 Å². The fourth-order valence-corrected chi connectivity index (χ4v) is 9.88. The lowest BCUT2D eigenvalue weighted by atomic mass is 9.88. The van der Waals surface area contributed by atoms with Gasteiger partial charge in [-0.15, -0.1) is 0 Å². The van der Waals surface area contributed by atoms with Gasteiger partial charge in [0, 0.05) is 24.0 Å². The first-order chi connectivity index (χ1) is 30.1. The minimum Gasteiger partial charge on any atom is -0.497 e. The predicted molar refractivity (Wildman–Crippen MR) is 240 cm³/mol. The van der Waals surface area contributed by atoms with Gasteiger partial charge in [0.05, 0.1) is 35.4 Å². The molecule has 7 atom stereocenters. The number of rotatable bonds is 10. The van der Waals surface area contributed by atoms with Crippen molar-refractivity contribution in [3.8, 4) is 28.8 Å². The summed E-state index contributed by atoms with van der Waals surface area (Å²) in [5.41, 5.74) is -1.20. The first kappa shape index (κ1) is 46.5. The van der Waals surface area contributed by atoms with Gasteiger partial charge in [-0.25, -0.2) is 18.2 Å². The van der Waals surface area contributed by atoms with Crippen LogP contribution in [0.5, 0.6) is 17.4 Å². The number of ether oxygens (including phenoxy) is 4. The molecule has 3 N–H and O–H groups in total. The molecule has 346 valence electrons. The Morgan fingerprint density at radius 3 is 2.36 bits per heavy atom. The monoisotopic (exact) mass is 902 g/mol. The number of fused-ring (bicyclic) bond motifs is 3. The van der Waals surface area contributed by atoms with E-state index < -0.39 is 73.8 Å². The third-order valence-electron chi connectivity index (χ3n) is 12.6. The van der Waals surface area contributed by atoms with E-state index in [1.54, 1.807) is 53.0 Å². The van der Waals surface area contributed by atoms with Crippen LogP contribution >= 0.6 is 0 Å². The lowest BCUT2D eigenvalue weighted by Crippen LogP contribution is -2.59. The molecule has 1 saturated heterocycles. The summed E-state index contributed by atoms with van der Waals surface area (Å²) in [4.78, 5) is 68.4. The third kappa shape index (κ3) is 10.2.